The number of amides is 1. The molecule has 0 bridgehead atoms. The Hall–Kier alpha value is -1.36. The lowest BCUT2D eigenvalue weighted by molar-refractivity contribution is -0.120. The molecule has 2 heterocycles. The minimum Gasteiger partial charge on any atom is -0.355 e. The average Bonchev–Trinajstić information content (AvgIpc) is 3.11. The van der Waals surface area contributed by atoms with E-state index in [2.05, 4.69) is 27.4 Å². The summed E-state index contributed by atoms with van der Waals surface area (Å²) < 4.78 is 1.72. The summed E-state index contributed by atoms with van der Waals surface area (Å²) in [5.41, 5.74) is 0.860. The number of aromatic nitrogens is 2. The molecule has 1 aliphatic heterocycles. The molecule has 0 spiro atoms. The summed E-state index contributed by atoms with van der Waals surface area (Å²) in [7, 11) is 5.86. The van der Waals surface area contributed by atoms with Gasteiger partial charge in [-0.1, -0.05) is 19.3 Å². The van der Waals surface area contributed by atoms with Gasteiger partial charge in [0.25, 0.3) is 0 Å². The maximum absolute atomic E-state index is 12.6. The summed E-state index contributed by atoms with van der Waals surface area (Å²) in [5.74, 6) is 0.891. The molecule has 1 saturated heterocycles. The molecule has 28 heavy (non-hydrogen) atoms. The number of likely N-dealkylation sites (N-methyl/N-ethyl adjacent to an activating group) is 1. The van der Waals surface area contributed by atoms with Crippen molar-refractivity contribution in [2.75, 3.05) is 51.7 Å². The van der Waals surface area contributed by atoms with Gasteiger partial charge in [-0.3, -0.25) is 14.5 Å². The molecule has 1 saturated carbocycles. The summed E-state index contributed by atoms with van der Waals surface area (Å²) in [6.07, 6.45) is 10.3. The Bertz CT molecular complexity index is 656. The molecule has 3 rings (SSSR count). The second-order valence-corrected chi connectivity index (χ2v) is 7.59. The van der Waals surface area contributed by atoms with Crippen LogP contribution in [0.3, 0.4) is 0 Å². The molecule has 0 atom stereocenters. The van der Waals surface area contributed by atoms with Gasteiger partial charge in [0.05, 0.1) is 11.9 Å². The molecule has 1 amide bonds. The first-order valence-corrected chi connectivity index (χ1v) is 10.0. The van der Waals surface area contributed by atoms with Crippen molar-refractivity contribution in [2.24, 2.45) is 12.0 Å². The van der Waals surface area contributed by atoms with Gasteiger partial charge >= 0.3 is 0 Å². The minimum absolute atomic E-state index is 0. The van der Waals surface area contributed by atoms with E-state index in [-0.39, 0.29) is 29.9 Å². The van der Waals surface area contributed by atoms with E-state index in [1.54, 1.807) is 22.8 Å². The minimum atomic E-state index is 0. The van der Waals surface area contributed by atoms with E-state index in [0.29, 0.717) is 19.1 Å². The van der Waals surface area contributed by atoms with Crippen molar-refractivity contribution < 1.29 is 4.79 Å². The number of guanidine groups is 1. The molecule has 1 aromatic heterocycles. The van der Waals surface area contributed by atoms with Crippen LogP contribution in [0.4, 0.5) is 5.69 Å². The second kappa shape index (κ2) is 11.0. The highest BCUT2D eigenvalue weighted by Gasteiger charge is 2.27. The van der Waals surface area contributed by atoms with Crippen LogP contribution in [0.25, 0.3) is 0 Å². The summed E-state index contributed by atoms with van der Waals surface area (Å²) in [4.78, 5) is 23.3. The first-order valence-electron chi connectivity index (χ1n) is 10.0. The Morgan fingerprint density at radius 3 is 2.68 bits per heavy atom. The van der Waals surface area contributed by atoms with E-state index >= 15 is 0 Å². The predicted molar refractivity (Wildman–Crippen MR) is 123 cm³/mol. The van der Waals surface area contributed by atoms with Crippen LogP contribution in [-0.4, -0.2) is 84.3 Å². The zero-order valence-electron chi connectivity index (χ0n) is 17.3. The van der Waals surface area contributed by atoms with Gasteiger partial charge in [0.15, 0.2) is 5.96 Å². The van der Waals surface area contributed by atoms with E-state index in [4.69, 9.17) is 0 Å². The quantitative estimate of drug-likeness (QED) is 0.375. The zero-order valence-corrected chi connectivity index (χ0v) is 19.6. The zero-order chi connectivity index (χ0) is 19.2. The van der Waals surface area contributed by atoms with Crippen molar-refractivity contribution in [1.82, 2.24) is 24.9 Å². The Balaban J connectivity index is 0.00000280. The van der Waals surface area contributed by atoms with Crippen LogP contribution < -0.4 is 10.2 Å². The van der Waals surface area contributed by atoms with Crippen LogP contribution in [0.5, 0.6) is 0 Å². The molecule has 1 N–H and O–H groups in total. The van der Waals surface area contributed by atoms with E-state index < -0.39 is 0 Å². The summed E-state index contributed by atoms with van der Waals surface area (Å²) in [5, 5.41) is 7.60. The maximum atomic E-state index is 12.6. The molecular formula is C19H34IN7O. The molecule has 0 unspecified atom stereocenters. The van der Waals surface area contributed by atoms with Gasteiger partial charge in [-0.2, -0.15) is 5.10 Å². The maximum Gasteiger partial charge on any atom is 0.246 e. The van der Waals surface area contributed by atoms with Crippen LogP contribution in [-0.2, 0) is 11.8 Å². The van der Waals surface area contributed by atoms with Crippen molar-refractivity contribution >= 4 is 41.5 Å². The number of nitrogens with one attached hydrogen (secondary N) is 1. The van der Waals surface area contributed by atoms with Crippen LogP contribution in [0.15, 0.2) is 17.4 Å². The second-order valence-electron chi connectivity index (χ2n) is 7.59. The summed E-state index contributed by atoms with van der Waals surface area (Å²) in [6, 6.07) is 0.715. The normalized spacial score (nSPS) is 19.1. The largest absolute Gasteiger partial charge is 0.355 e. The number of hydrogen-bond acceptors (Lipinski definition) is 4. The van der Waals surface area contributed by atoms with Crippen molar-refractivity contribution in [3.8, 4) is 0 Å². The van der Waals surface area contributed by atoms with Crippen LogP contribution in [0, 0.1) is 0 Å². The topological polar surface area (TPSA) is 69.0 Å². The Morgan fingerprint density at radius 2 is 2.07 bits per heavy atom. The summed E-state index contributed by atoms with van der Waals surface area (Å²) >= 11 is 0. The number of piperazine rings is 1. The lowest BCUT2D eigenvalue weighted by atomic mass is 9.94. The molecule has 0 radical (unpaired) electrons. The van der Waals surface area contributed by atoms with E-state index in [9.17, 15) is 4.79 Å². The van der Waals surface area contributed by atoms with Gasteiger partial charge in [-0.05, 0) is 19.9 Å². The van der Waals surface area contributed by atoms with Gasteiger partial charge in [0.1, 0.15) is 6.54 Å². The highest BCUT2D eigenvalue weighted by atomic mass is 127. The monoisotopic (exact) mass is 503 g/mol. The smallest absolute Gasteiger partial charge is 0.246 e. The number of aryl methyl sites for hydroxylation is 1. The number of nitrogens with zero attached hydrogens (tertiary/aromatic N) is 6. The van der Waals surface area contributed by atoms with E-state index in [0.717, 1.165) is 31.3 Å². The Labute approximate surface area is 185 Å². The van der Waals surface area contributed by atoms with Crippen LogP contribution in [0.1, 0.15) is 32.1 Å². The van der Waals surface area contributed by atoms with Crippen molar-refractivity contribution in [3.05, 3.63) is 12.4 Å². The fraction of sp³-hybridized carbons (Fsp3) is 0.737. The average molecular weight is 503 g/mol. The van der Waals surface area contributed by atoms with Gasteiger partial charge in [-0.15, -0.1) is 24.0 Å². The first-order chi connectivity index (χ1) is 13.1. The van der Waals surface area contributed by atoms with Gasteiger partial charge in [-0.25, -0.2) is 0 Å². The van der Waals surface area contributed by atoms with Gasteiger partial charge in [0.2, 0.25) is 5.91 Å². The molecule has 0 aromatic carbocycles. The number of halogens is 1. The van der Waals surface area contributed by atoms with Crippen LogP contribution in [0.2, 0.25) is 0 Å². The third-order valence-electron chi connectivity index (χ3n) is 5.68. The third-order valence-corrected chi connectivity index (χ3v) is 5.68. The number of carbonyl (C=O) groups is 1. The lowest BCUT2D eigenvalue weighted by Gasteiger charge is -2.36. The number of aliphatic imine (C=N–C) groups is 1. The Kier molecular flexibility index (Phi) is 9.00. The number of anilines is 1. The van der Waals surface area contributed by atoms with Crippen molar-refractivity contribution in [2.45, 2.75) is 38.1 Å². The van der Waals surface area contributed by atoms with Crippen molar-refractivity contribution in [3.63, 3.8) is 0 Å². The Morgan fingerprint density at radius 1 is 1.32 bits per heavy atom. The molecule has 9 heteroatoms. The molecule has 8 nitrogen and oxygen atoms in total. The van der Waals surface area contributed by atoms with E-state index in [1.165, 1.54) is 32.1 Å². The van der Waals surface area contributed by atoms with Crippen molar-refractivity contribution in [1.29, 1.82) is 0 Å². The fourth-order valence-corrected chi connectivity index (χ4v) is 4.06. The molecular weight excluding hydrogens is 469 g/mol. The van der Waals surface area contributed by atoms with Gasteiger partial charge in [0, 0.05) is 52.5 Å². The lowest BCUT2D eigenvalue weighted by Crippen LogP contribution is -2.56. The molecule has 1 aliphatic carbocycles. The van der Waals surface area contributed by atoms with E-state index in [1.807, 2.05) is 18.1 Å². The fourth-order valence-electron chi connectivity index (χ4n) is 4.06. The highest BCUT2D eigenvalue weighted by molar-refractivity contribution is 14.0. The summed E-state index contributed by atoms with van der Waals surface area (Å²) in [6.45, 7) is 3.59. The highest BCUT2D eigenvalue weighted by Crippen LogP contribution is 2.21. The molecule has 1 aromatic rings. The first kappa shape index (κ1) is 22.9. The molecule has 158 valence electrons. The SMILES string of the molecule is CN=C(NCCN(C)C1CCCCC1)N1CCN(c2cnn(C)c2)C(=O)C1.I. The van der Waals surface area contributed by atoms with Gasteiger partial charge < -0.3 is 20.0 Å². The number of hydrogen-bond donors (Lipinski definition) is 1. The molecule has 2 aliphatic rings. The molecule has 2 fully saturated rings. The standard InChI is InChI=1S/C19H33N7O.HI/c1-20-19(21-9-10-23(2)16-7-5-4-6-8-16)25-11-12-26(18(27)15-25)17-13-22-24(3)14-17;/h13-14,16H,4-12,15H2,1-3H3,(H,20,21);1H. The van der Waals surface area contributed by atoms with Crippen LogP contribution >= 0.6 is 24.0 Å². The number of carbonyl (C=O) groups excluding carboxylic acids is 1. The number of rotatable bonds is 5. The predicted octanol–water partition coefficient (Wildman–Crippen LogP) is 1.53. The third kappa shape index (κ3) is 5.82.